The molecule has 1 aromatic carbocycles. The van der Waals surface area contributed by atoms with Crippen LogP contribution in [0, 0.1) is 5.92 Å². The van der Waals surface area contributed by atoms with E-state index < -0.39 is 0 Å². The van der Waals surface area contributed by atoms with Gasteiger partial charge in [0.2, 0.25) is 0 Å². The summed E-state index contributed by atoms with van der Waals surface area (Å²) in [4.78, 5) is 0. The zero-order chi connectivity index (χ0) is 12.3. The third kappa shape index (κ3) is 3.01. The van der Waals surface area contributed by atoms with Gasteiger partial charge in [-0.3, -0.25) is 0 Å². The van der Waals surface area contributed by atoms with Crippen LogP contribution in [0.5, 0.6) is 5.75 Å². The summed E-state index contributed by atoms with van der Waals surface area (Å²) in [6.45, 7) is 5.26. The number of hydrogen-bond acceptors (Lipinski definition) is 2. The molecule has 2 rings (SSSR count). The van der Waals surface area contributed by atoms with Crippen molar-refractivity contribution in [1.29, 1.82) is 0 Å². The van der Waals surface area contributed by atoms with Crippen LogP contribution in [0.3, 0.4) is 0 Å². The lowest BCUT2D eigenvalue weighted by molar-refractivity contribution is 0.134. The molecule has 2 heteroatoms. The Morgan fingerprint density at radius 1 is 1.35 bits per heavy atom. The van der Waals surface area contributed by atoms with E-state index in [1.54, 1.807) is 0 Å². The maximum absolute atomic E-state index is 6.08. The molecule has 2 unspecified atom stereocenters. The molecule has 1 aliphatic heterocycles. The van der Waals surface area contributed by atoms with Gasteiger partial charge >= 0.3 is 0 Å². The summed E-state index contributed by atoms with van der Waals surface area (Å²) in [6.07, 6.45) is 3.68. The minimum absolute atomic E-state index is 0.362. The largest absolute Gasteiger partial charge is 0.490 e. The summed E-state index contributed by atoms with van der Waals surface area (Å²) >= 11 is 0. The van der Waals surface area contributed by atoms with Crippen LogP contribution in [0.15, 0.2) is 24.3 Å². The molecule has 2 nitrogen and oxygen atoms in total. The standard InChI is InChI=1S/C15H23NO/c1-11(2)9-13-10-12(7-8-16)14-5-3-4-6-15(14)17-13/h3-6,11-13H,7-10,16H2,1-2H3. The Hall–Kier alpha value is -1.02. The lowest BCUT2D eigenvalue weighted by Gasteiger charge is -2.33. The van der Waals surface area contributed by atoms with Gasteiger partial charge < -0.3 is 10.5 Å². The summed E-state index contributed by atoms with van der Waals surface area (Å²) in [7, 11) is 0. The van der Waals surface area contributed by atoms with Crippen LogP contribution >= 0.6 is 0 Å². The second-order valence-electron chi connectivity index (χ2n) is 5.42. The first-order valence-corrected chi connectivity index (χ1v) is 6.66. The Kier molecular flexibility index (Phi) is 4.06. The van der Waals surface area contributed by atoms with Gasteiger partial charge in [-0.15, -0.1) is 0 Å². The summed E-state index contributed by atoms with van der Waals surface area (Å²) in [6, 6.07) is 8.41. The van der Waals surface area contributed by atoms with Gasteiger partial charge in [0.05, 0.1) is 6.10 Å². The Morgan fingerprint density at radius 3 is 2.82 bits per heavy atom. The molecular weight excluding hydrogens is 210 g/mol. The minimum Gasteiger partial charge on any atom is -0.490 e. The molecule has 17 heavy (non-hydrogen) atoms. The minimum atomic E-state index is 0.362. The second kappa shape index (κ2) is 5.54. The van der Waals surface area contributed by atoms with Gasteiger partial charge in [0.25, 0.3) is 0 Å². The predicted octanol–water partition coefficient (Wildman–Crippen LogP) is 3.32. The smallest absolute Gasteiger partial charge is 0.123 e. The Morgan fingerprint density at radius 2 is 2.12 bits per heavy atom. The third-order valence-corrected chi connectivity index (χ3v) is 3.45. The van der Waals surface area contributed by atoms with Crippen molar-refractivity contribution in [2.24, 2.45) is 11.7 Å². The predicted molar refractivity (Wildman–Crippen MR) is 71.3 cm³/mol. The van der Waals surface area contributed by atoms with Crippen LogP contribution in [-0.2, 0) is 0 Å². The van der Waals surface area contributed by atoms with E-state index in [1.165, 1.54) is 5.56 Å². The van der Waals surface area contributed by atoms with E-state index in [2.05, 4.69) is 38.1 Å². The summed E-state index contributed by atoms with van der Waals surface area (Å²) in [5.41, 5.74) is 7.07. The fourth-order valence-corrected chi connectivity index (χ4v) is 2.74. The van der Waals surface area contributed by atoms with Gasteiger partial charge in [0.1, 0.15) is 5.75 Å². The molecular formula is C15H23NO. The van der Waals surface area contributed by atoms with E-state index in [1.807, 2.05) is 0 Å². The van der Waals surface area contributed by atoms with Crippen molar-refractivity contribution in [3.63, 3.8) is 0 Å². The summed E-state index contributed by atoms with van der Waals surface area (Å²) < 4.78 is 6.08. The molecule has 0 fully saturated rings. The number of ether oxygens (including phenoxy) is 1. The topological polar surface area (TPSA) is 35.2 Å². The summed E-state index contributed by atoms with van der Waals surface area (Å²) in [5, 5.41) is 0. The fraction of sp³-hybridized carbons (Fsp3) is 0.600. The van der Waals surface area contributed by atoms with Crippen LogP contribution in [0.25, 0.3) is 0 Å². The molecule has 0 saturated heterocycles. The van der Waals surface area contributed by atoms with Crippen LogP contribution in [-0.4, -0.2) is 12.6 Å². The molecule has 0 bridgehead atoms. The molecule has 1 heterocycles. The maximum atomic E-state index is 6.08. The highest BCUT2D eigenvalue weighted by Gasteiger charge is 2.27. The van der Waals surface area contributed by atoms with E-state index in [-0.39, 0.29) is 0 Å². The van der Waals surface area contributed by atoms with Crippen molar-refractivity contribution in [1.82, 2.24) is 0 Å². The molecule has 0 aromatic heterocycles. The van der Waals surface area contributed by atoms with Crippen LogP contribution in [0.1, 0.15) is 44.6 Å². The fourth-order valence-electron chi connectivity index (χ4n) is 2.74. The zero-order valence-corrected chi connectivity index (χ0v) is 10.9. The maximum Gasteiger partial charge on any atom is 0.123 e. The molecule has 0 aliphatic carbocycles. The number of rotatable bonds is 4. The molecule has 0 saturated carbocycles. The molecule has 1 aliphatic rings. The van der Waals surface area contributed by atoms with Gasteiger partial charge in [0, 0.05) is 0 Å². The van der Waals surface area contributed by atoms with Crippen molar-refractivity contribution >= 4 is 0 Å². The van der Waals surface area contributed by atoms with Gasteiger partial charge in [0.15, 0.2) is 0 Å². The molecule has 2 N–H and O–H groups in total. The Bertz CT molecular complexity index is 362. The summed E-state index contributed by atoms with van der Waals surface area (Å²) in [5.74, 6) is 2.33. The lowest BCUT2D eigenvalue weighted by atomic mass is 9.85. The highest BCUT2D eigenvalue weighted by molar-refractivity contribution is 5.38. The number of para-hydroxylation sites is 1. The van der Waals surface area contributed by atoms with Gasteiger partial charge in [-0.1, -0.05) is 32.0 Å². The number of hydrogen-bond donors (Lipinski definition) is 1. The highest BCUT2D eigenvalue weighted by atomic mass is 16.5. The van der Waals surface area contributed by atoms with Crippen LogP contribution < -0.4 is 10.5 Å². The Balaban J connectivity index is 2.17. The molecule has 0 radical (unpaired) electrons. The van der Waals surface area contributed by atoms with Crippen molar-refractivity contribution in [3.05, 3.63) is 29.8 Å². The molecule has 1 aromatic rings. The van der Waals surface area contributed by atoms with E-state index in [0.29, 0.717) is 17.9 Å². The normalized spacial score (nSPS) is 23.3. The first-order valence-electron chi connectivity index (χ1n) is 6.66. The first kappa shape index (κ1) is 12.4. The monoisotopic (exact) mass is 233 g/mol. The number of fused-ring (bicyclic) bond motifs is 1. The average Bonchev–Trinajstić information content (AvgIpc) is 2.28. The molecule has 0 spiro atoms. The molecule has 2 atom stereocenters. The highest BCUT2D eigenvalue weighted by Crippen LogP contribution is 2.39. The van der Waals surface area contributed by atoms with Crippen molar-refractivity contribution in [2.45, 2.75) is 45.1 Å². The quantitative estimate of drug-likeness (QED) is 0.866. The van der Waals surface area contributed by atoms with E-state index in [9.17, 15) is 0 Å². The molecule has 94 valence electrons. The van der Waals surface area contributed by atoms with Crippen molar-refractivity contribution in [2.75, 3.05) is 6.54 Å². The van der Waals surface area contributed by atoms with E-state index in [4.69, 9.17) is 10.5 Å². The molecule has 0 amide bonds. The average molecular weight is 233 g/mol. The zero-order valence-electron chi connectivity index (χ0n) is 10.9. The van der Waals surface area contributed by atoms with Gasteiger partial charge in [-0.2, -0.15) is 0 Å². The van der Waals surface area contributed by atoms with Gasteiger partial charge in [-0.25, -0.2) is 0 Å². The van der Waals surface area contributed by atoms with Gasteiger partial charge in [-0.05, 0) is 49.3 Å². The van der Waals surface area contributed by atoms with Crippen LogP contribution in [0.2, 0.25) is 0 Å². The Labute approximate surface area is 104 Å². The second-order valence-corrected chi connectivity index (χ2v) is 5.42. The lowest BCUT2D eigenvalue weighted by Crippen LogP contribution is -2.28. The van der Waals surface area contributed by atoms with Crippen molar-refractivity contribution in [3.8, 4) is 5.75 Å². The van der Waals surface area contributed by atoms with E-state index in [0.717, 1.165) is 31.6 Å². The third-order valence-electron chi connectivity index (χ3n) is 3.45. The number of nitrogens with two attached hydrogens (primary N) is 1. The van der Waals surface area contributed by atoms with Crippen LogP contribution in [0.4, 0.5) is 0 Å². The first-order chi connectivity index (χ1) is 8.20. The number of benzene rings is 1. The SMILES string of the molecule is CC(C)CC1CC(CCN)c2ccccc2O1. The van der Waals surface area contributed by atoms with Crippen molar-refractivity contribution < 1.29 is 4.74 Å². The van der Waals surface area contributed by atoms with E-state index >= 15 is 0 Å².